The van der Waals surface area contributed by atoms with Gasteiger partial charge in [0.1, 0.15) is 0 Å². The second-order valence-corrected chi connectivity index (χ2v) is 5.03. The van der Waals surface area contributed by atoms with Gasteiger partial charge in [0.25, 0.3) is 0 Å². The van der Waals surface area contributed by atoms with E-state index in [9.17, 15) is 14.7 Å². The highest BCUT2D eigenvalue weighted by Gasteiger charge is 2.37. The fourth-order valence-corrected chi connectivity index (χ4v) is 1.91. The molecule has 5 nitrogen and oxygen atoms in total. The topological polar surface area (TPSA) is 92.4 Å². The molecule has 1 unspecified atom stereocenters. The van der Waals surface area contributed by atoms with Gasteiger partial charge in [0, 0.05) is 0 Å². The van der Waals surface area contributed by atoms with Crippen LogP contribution >= 0.6 is 0 Å². The standard InChI is InChI=1S/C15H22N2O3/c1-3-4-10-12(16)13(18)17-15(2,14(19)20)11-8-6-5-7-9-11/h5-9,12H,3-4,10,16H2,1-2H3,(H,17,18)(H,19,20)/t12-,15?/m0/s1. The Kier molecular flexibility index (Phi) is 5.70. The second kappa shape index (κ2) is 7.05. The first-order valence-electron chi connectivity index (χ1n) is 6.78. The maximum Gasteiger partial charge on any atom is 0.333 e. The van der Waals surface area contributed by atoms with Crippen LogP contribution in [0.2, 0.25) is 0 Å². The molecule has 110 valence electrons. The number of nitrogens with one attached hydrogen (secondary N) is 1. The Labute approximate surface area is 119 Å². The van der Waals surface area contributed by atoms with Gasteiger partial charge in [-0.1, -0.05) is 50.1 Å². The zero-order valence-electron chi connectivity index (χ0n) is 11.9. The molecular weight excluding hydrogens is 256 g/mol. The Morgan fingerprint density at radius 2 is 1.95 bits per heavy atom. The van der Waals surface area contributed by atoms with Crippen LogP contribution < -0.4 is 11.1 Å². The highest BCUT2D eigenvalue weighted by molar-refractivity contribution is 5.90. The second-order valence-electron chi connectivity index (χ2n) is 5.03. The Balaban J connectivity index is 2.88. The largest absolute Gasteiger partial charge is 0.479 e. The minimum Gasteiger partial charge on any atom is -0.479 e. The number of carboxylic acid groups (broad SMARTS) is 1. The fraction of sp³-hybridized carbons (Fsp3) is 0.467. The molecule has 20 heavy (non-hydrogen) atoms. The summed E-state index contributed by atoms with van der Waals surface area (Å²) >= 11 is 0. The third-order valence-electron chi connectivity index (χ3n) is 3.36. The lowest BCUT2D eigenvalue weighted by Gasteiger charge is -2.28. The molecule has 0 saturated carbocycles. The number of carbonyl (C=O) groups excluding carboxylic acids is 1. The van der Waals surface area contributed by atoms with Crippen molar-refractivity contribution in [1.82, 2.24) is 5.32 Å². The van der Waals surface area contributed by atoms with E-state index < -0.39 is 23.5 Å². The van der Waals surface area contributed by atoms with E-state index in [1.54, 1.807) is 30.3 Å². The lowest BCUT2D eigenvalue weighted by Crippen LogP contribution is -2.54. The molecule has 0 aliphatic carbocycles. The maximum atomic E-state index is 12.0. The molecule has 0 radical (unpaired) electrons. The van der Waals surface area contributed by atoms with Crippen LogP contribution in [0.25, 0.3) is 0 Å². The first kappa shape index (κ1) is 16.2. The molecule has 0 heterocycles. The van der Waals surface area contributed by atoms with E-state index >= 15 is 0 Å². The van der Waals surface area contributed by atoms with Crippen molar-refractivity contribution < 1.29 is 14.7 Å². The summed E-state index contributed by atoms with van der Waals surface area (Å²) in [6.07, 6.45) is 2.33. The van der Waals surface area contributed by atoms with E-state index in [2.05, 4.69) is 5.32 Å². The summed E-state index contributed by atoms with van der Waals surface area (Å²) in [5, 5.41) is 12.0. The summed E-state index contributed by atoms with van der Waals surface area (Å²) in [7, 11) is 0. The van der Waals surface area contributed by atoms with Gasteiger partial charge in [-0.15, -0.1) is 0 Å². The van der Waals surface area contributed by atoms with E-state index in [0.717, 1.165) is 12.8 Å². The van der Waals surface area contributed by atoms with Crippen molar-refractivity contribution in [2.75, 3.05) is 0 Å². The summed E-state index contributed by atoms with van der Waals surface area (Å²) in [6.45, 7) is 3.48. The Morgan fingerprint density at radius 3 is 2.45 bits per heavy atom. The summed E-state index contributed by atoms with van der Waals surface area (Å²) in [6, 6.07) is 7.93. The predicted octanol–water partition coefficient (Wildman–Crippen LogP) is 1.62. The van der Waals surface area contributed by atoms with Crippen molar-refractivity contribution in [3.8, 4) is 0 Å². The van der Waals surface area contributed by atoms with Crippen molar-refractivity contribution in [1.29, 1.82) is 0 Å². The summed E-state index contributed by atoms with van der Waals surface area (Å²) < 4.78 is 0. The number of unbranched alkanes of at least 4 members (excludes halogenated alkanes) is 1. The van der Waals surface area contributed by atoms with Crippen molar-refractivity contribution >= 4 is 11.9 Å². The van der Waals surface area contributed by atoms with E-state index in [1.165, 1.54) is 6.92 Å². The van der Waals surface area contributed by atoms with Gasteiger partial charge in [-0.2, -0.15) is 0 Å². The van der Waals surface area contributed by atoms with Crippen molar-refractivity contribution in [2.45, 2.75) is 44.7 Å². The van der Waals surface area contributed by atoms with Crippen LogP contribution in [0.3, 0.4) is 0 Å². The van der Waals surface area contributed by atoms with Crippen molar-refractivity contribution in [2.24, 2.45) is 5.73 Å². The monoisotopic (exact) mass is 278 g/mol. The van der Waals surface area contributed by atoms with Gasteiger partial charge >= 0.3 is 5.97 Å². The van der Waals surface area contributed by atoms with Crippen LogP contribution in [-0.2, 0) is 15.1 Å². The summed E-state index contributed by atoms with van der Waals surface area (Å²) in [4.78, 5) is 23.6. The zero-order valence-corrected chi connectivity index (χ0v) is 11.9. The first-order chi connectivity index (χ1) is 9.41. The molecule has 0 aliphatic heterocycles. The Hall–Kier alpha value is -1.88. The molecule has 0 saturated heterocycles. The zero-order chi connectivity index (χ0) is 15.2. The van der Waals surface area contributed by atoms with Crippen LogP contribution in [0.4, 0.5) is 0 Å². The molecule has 0 bridgehead atoms. The molecule has 1 amide bonds. The quantitative estimate of drug-likeness (QED) is 0.706. The Bertz CT molecular complexity index is 461. The molecular formula is C15H22N2O3. The molecule has 2 atom stereocenters. The van der Waals surface area contributed by atoms with Crippen molar-refractivity contribution in [3.05, 3.63) is 35.9 Å². The average molecular weight is 278 g/mol. The van der Waals surface area contributed by atoms with Gasteiger partial charge in [0.2, 0.25) is 5.91 Å². The summed E-state index contributed by atoms with van der Waals surface area (Å²) in [5.74, 6) is -1.55. The Morgan fingerprint density at radius 1 is 1.35 bits per heavy atom. The molecule has 0 aromatic heterocycles. The number of carboxylic acids is 1. The molecule has 4 N–H and O–H groups in total. The van der Waals surface area contributed by atoms with E-state index in [4.69, 9.17) is 5.73 Å². The van der Waals surface area contributed by atoms with Gasteiger partial charge in [0.05, 0.1) is 6.04 Å². The number of nitrogens with two attached hydrogens (primary N) is 1. The number of rotatable bonds is 7. The van der Waals surface area contributed by atoms with Gasteiger partial charge < -0.3 is 16.2 Å². The predicted molar refractivity (Wildman–Crippen MR) is 77.1 cm³/mol. The lowest BCUT2D eigenvalue weighted by molar-refractivity contribution is -0.147. The van der Waals surface area contributed by atoms with Crippen LogP contribution in [0, 0.1) is 0 Å². The van der Waals surface area contributed by atoms with Gasteiger partial charge in [0.15, 0.2) is 5.54 Å². The number of hydrogen-bond acceptors (Lipinski definition) is 3. The third-order valence-corrected chi connectivity index (χ3v) is 3.36. The number of amides is 1. The molecule has 0 aliphatic rings. The third kappa shape index (κ3) is 3.81. The lowest BCUT2D eigenvalue weighted by atomic mass is 9.91. The SMILES string of the molecule is CCCC[C@H](N)C(=O)NC(C)(C(=O)O)c1ccccc1. The number of hydrogen-bond donors (Lipinski definition) is 3. The van der Waals surface area contributed by atoms with Crippen LogP contribution in [-0.4, -0.2) is 23.0 Å². The van der Waals surface area contributed by atoms with E-state index in [0.29, 0.717) is 12.0 Å². The molecule has 1 aromatic carbocycles. The van der Waals surface area contributed by atoms with Gasteiger partial charge in [-0.05, 0) is 18.9 Å². The molecule has 5 heteroatoms. The number of carbonyl (C=O) groups is 2. The van der Waals surface area contributed by atoms with Crippen LogP contribution in [0.1, 0.15) is 38.7 Å². The number of benzene rings is 1. The average Bonchev–Trinajstić information content (AvgIpc) is 2.45. The van der Waals surface area contributed by atoms with E-state index in [-0.39, 0.29) is 0 Å². The van der Waals surface area contributed by atoms with Gasteiger partial charge in [-0.3, -0.25) is 4.79 Å². The highest BCUT2D eigenvalue weighted by Crippen LogP contribution is 2.21. The molecule has 0 fully saturated rings. The fourth-order valence-electron chi connectivity index (χ4n) is 1.91. The van der Waals surface area contributed by atoms with Crippen molar-refractivity contribution in [3.63, 3.8) is 0 Å². The minimum atomic E-state index is -1.47. The molecule has 1 aromatic rings. The van der Waals surface area contributed by atoms with Crippen LogP contribution in [0.5, 0.6) is 0 Å². The molecule has 1 rings (SSSR count). The summed E-state index contributed by atoms with van der Waals surface area (Å²) in [5.41, 5.74) is 4.83. The minimum absolute atomic E-state index is 0.438. The smallest absolute Gasteiger partial charge is 0.333 e. The van der Waals surface area contributed by atoms with Crippen LogP contribution in [0.15, 0.2) is 30.3 Å². The van der Waals surface area contributed by atoms with E-state index in [1.807, 2.05) is 6.92 Å². The number of aliphatic carboxylic acids is 1. The maximum absolute atomic E-state index is 12.0. The first-order valence-corrected chi connectivity index (χ1v) is 6.78. The highest BCUT2D eigenvalue weighted by atomic mass is 16.4. The normalized spacial score (nSPS) is 15.2. The van der Waals surface area contributed by atoms with Gasteiger partial charge in [-0.25, -0.2) is 4.79 Å². The molecule has 0 spiro atoms.